The largest absolute Gasteiger partial charge is 0.343 e. The van der Waals surface area contributed by atoms with Crippen LogP contribution in [0.15, 0.2) is 60.8 Å². The van der Waals surface area contributed by atoms with E-state index in [1.54, 1.807) is 0 Å². The SMILES string of the molecule is S=c1nc2ccccc2c2[nH]c(Cc3ccccc3)cn12. The number of fused-ring (bicyclic) bond motifs is 3. The Labute approximate surface area is 126 Å². The lowest BCUT2D eigenvalue weighted by atomic mass is 10.1. The number of rotatable bonds is 2. The maximum absolute atomic E-state index is 5.39. The van der Waals surface area contributed by atoms with Crippen molar-refractivity contribution >= 4 is 28.8 Å². The second-order valence-corrected chi connectivity index (χ2v) is 5.44. The Morgan fingerprint density at radius 1 is 1.00 bits per heavy atom. The first-order valence-corrected chi connectivity index (χ1v) is 7.25. The highest BCUT2D eigenvalue weighted by atomic mass is 32.1. The van der Waals surface area contributed by atoms with Gasteiger partial charge < -0.3 is 4.98 Å². The molecule has 1 N–H and O–H groups in total. The summed E-state index contributed by atoms with van der Waals surface area (Å²) in [5.41, 5.74) is 4.34. The van der Waals surface area contributed by atoms with Crippen LogP contribution in [0.1, 0.15) is 11.3 Å². The van der Waals surface area contributed by atoms with Crippen LogP contribution >= 0.6 is 12.2 Å². The summed E-state index contributed by atoms with van der Waals surface area (Å²) in [5.74, 6) is 0. The van der Waals surface area contributed by atoms with Crippen molar-refractivity contribution < 1.29 is 0 Å². The van der Waals surface area contributed by atoms with Crippen molar-refractivity contribution in [2.24, 2.45) is 0 Å². The van der Waals surface area contributed by atoms with Gasteiger partial charge in [-0.05, 0) is 29.9 Å². The highest BCUT2D eigenvalue weighted by molar-refractivity contribution is 7.71. The molecule has 0 fully saturated rings. The van der Waals surface area contributed by atoms with Gasteiger partial charge in [0.05, 0.1) is 5.52 Å². The average molecular weight is 291 g/mol. The van der Waals surface area contributed by atoms with Gasteiger partial charge in [-0.3, -0.25) is 4.40 Å². The molecule has 2 aromatic carbocycles. The lowest BCUT2D eigenvalue weighted by molar-refractivity contribution is 1.07. The smallest absolute Gasteiger partial charge is 0.205 e. The molecule has 3 nitrogen and oxygen atoms in total. The van der Waals surface area contributed by atoms with Crippen LogP contribution in [0.25, 0.3) is 16.6 Å². The van der Waals surface area contributed by atoms with Crippen LogP contribution < -0.4 is 0 Å². The third-order valence-corrected chi connectivity index (χ3v) is 3.91. The standard InChI is InChI=1S/C17H13N3S/c21-17-19-15-9-5-4-8-14(15)16-18-13(11-20(16)17)10-12-6-2-1-3-7-12/h1-9,11,18H,10H2. The van der Waals surface area contributed by atoms with Gasteiger partial charge in [-0.2, -0.15) is 0 Å². The number of hydrogen-bond donors (Lipinski definition) is 1. The summed E-state index contributed by atoms with van der Waals surface area (Å²) in [5, 5.41) is 1.09. The van der Waals surface area contributed by atoms with Crippen molar-refractivity contribution in [1.82, 2.24) is 14.4 Å². The first-order chi connectivity index (χ1) is 10.3. The number of para-hydroxylation sites is 1. The summed E-state index contributed by atoms with van der Waals surface area (Å²) in [6.07, 6.45) is 2.90. The van der Waals surface area contributed by atoms with E-state index in [2.05, 4.69) is 40.3 Å². The van der Waals surface area contributed by atoms with Crippen LogP contribution in [0.2, 0.25) is 0 Å². The molecule has 21 heavy (non-hydrogen) atoms. The first kappa shape index (κ1) is 12.3. The van der Waals surface area contributed by atoms with E-state index in [4.69, 9.17) is 12.2 Å². The van der Waals surface area contributed by atoms with E-state index in [1.165, 1.54) is 5.56 Å². The second kappa shape index (κ2) is 4.82. The highest BCUT2D eigenvalue weighted by Gasteiger charge is 2.07. The van der Waals surface area contributed by atoms with E-state index < -0.39 is 0 Å². The summed E-state index contributed by atoms with van der Waals surface area (Å²) in [6, 6.07) is 18.4. The van der Waals surface area contributed by atoms with Gasteiger partial charge in [0, 0.05) is 23.7 Å². The number of imidazole rings is 1. The van der Waals surface area contributed by atoms with Gasteiger partial charge in [-0.15, -0.1) is 0 Å². The molecule has 4 aromatic rings. The summed E-state index contributed by atoms with van der Waals surface area (Å²) >= 11 is 5.39. The Kier molecular flexibility index (Phi) is 2.82. The Hall–Kier alpha value is -2.46. The van der Waals surface area contributed by atoms with E-state index in [0.717, 1.165) is 28.7 Å². The number of aromatic amines is 1. The van der Waals surface area contributed by atoms with Crippen molar-refractivity contribution in [3.05, 3.63) is 76.8 Å². The molecular weight excluding hydrogens is 278 g/mol. The predicted octanol–water partition coefficient (Wildman–Crippen LogP) is 4.14. The molecular formula is C17H13N3S. The number of aromatic nitrogens is 3. The molecule has 0 atom stereocenters. The first-order valence-electron chi connectivity index (χ1n) is 6.84. The van der Waals surface area contributed by atoms with Gasteiger partial charge in [-0.25, -0.2) is 4.98 Å². The maximum atomic E-state index is 5.39. The summed E-state index contributed by atoms with van der Waals surface area (Å²) < 4.78 is 2.54. The van der Waals surface area contributed by atoms with Gasteiger partial charge in [0.15, 0.2) is 0 Å². The van der Waals surface area contributed by atoms with Gasteiger partial charge in [0.2, 0.25) is 4.77 Å². The molecule has 0 radical (unpaired) electrons. The van der Waals surface area contributed by atoms with E-state index in [0.29, 0.717) is 4.77 Å². The zero-order valence-electron chi connectivity index (χ0n) is 11.3. The molecule has 0 unspecified atom stereocenters. The van der Waals surface area contributed by atoms with Gasteiger partial charge in [-0.1, -0.05) is 42.5 Å². The van der Waals surface area contributed by atoms with E-state index >= 15 is 0 Å². The monoisotopic (exact) mass is 291 g/mol. The molecule has 4 heteroatoms. The number of benzene rings is 2. The van der Waals surface area contributed by atoms with Crippen molar-refractivity contribution in [3.63, 3.8) is 0 Å². The fourth-order valence-electron chi connectivity index (χ4n) is 2.65. The average Bonchev–Trinajstić information content (AvgIpc) is 2.93. The molecule has 0 aliphatic carbocycles. The molecule has 0 bridgehead atoms. The minimum Gasteiger partial charge on any atom is -0.343 e. The Balaban J connectivity index is 1.91. The fraction of sp³-hybridized carbons (Fsp3) is 0.0588. The van der Waals surface area contributed by atoms with Crippen LogP contribution in [0.3, 0.4) is 0 Å². The van der Waals surface area contributed by atoms with Gasteiger partial charge in [0.25, 0.3) is 0 Å². The molecule has 2 aromatic heterocycles. The number of hydrogen-bond acceptors (Lipinski definition) is 2. The molecule has 0 spiro atoms. The van der Waals surface area contributed by atoms with Crippen molar-refractivity contribution in [2.75, 3.05) is 0 Å². The van der Waals surface area contributed by atoms with Gasteiger partial charge >= 0.3 is 0 Å². The van der Waals surface area contributed by atoms with Crippen LogP contribution in [0, 0.1) is 4.77 Å². The Bertz CT molecular complexity index is 983. The number of H-pyrrole nitrogens is 1. The van der Waals surface area contributed by atoms with Gasteiger partial charge in [0.1, 0.15) is 5.65 Å². The minimum absolute atomic E-state index is 0.583. The van der Waals surface area contributed by atoms with Crippen LogP contribution in [-0.4, -0.2) is 14.4 Å². The maximum Gasteiger partial charge on any atom is 0.205 e. The lowest BCUT2D eigenvalue weighted by Gasteiger charge is -1.99. The summed E-state index contributed by atoms with van der Waals surface area (Å²) in [6.45, 7) is 0. The van der Waals surface area contributed by atoms with Crippen LogP contribution in [0.5, 0.6) is 0 Å². The normalized spacial score (nSPS) is 11.2. The number of nitrogens with one attached hydrogen (secondary N) is 1. The molecule has 0 saturated carbocycles. The van der Waals surface area contributed by atoms with E-state index in [9.17, 15) is 0 Å². The Morgan fingerprint density at radius 3 is 2.62 bits per heavy atom. The topological polar surface area (TPSA) is 33.1 Å². The van der Waals surface area contributed by atoms with E-state index in [1.807, 2.05) is 34.9 Å². The molecule has 0 saturated heterocycles. The number of nitrogens with zero attached hydrogens (tertiary/aromatic N) is 2. The van der Waals surface area contributed by atoms with Crippen LogP contribution in [-0.2, 0) is 6.42 Å². The van der Waals surface area contributed by atoms with E-state index in [-0.39, 0.29) is 0 Å². The zero-order chi connectivity index (χ0) is 14.2. The fourth-order valence-corrected chi connectivity index (χ4v) is 2.89. The summed E-state index contributed by atoms with van der Waals surface area (Å²) in [7, 11) is 0. The zero-order valence-corrected chi connectivity index (χ0v) is 12.1. The molecule has 102 valence electrons. The van der Waals surface area contributed by atoms with Crippen LogP contribution in [0.4, 0.5) is 0 Å². The highest BCUT2D eigenvalue weighted by Crippen LogP contribution is 2.19. The molecule has 2 heterocycles. The quantitative estimate of drug-likeness (QED) is 0.563. The second-order valence-electron chi connectivity index (χ2n) is 5.07. The minimum atomic E-state index is 0.583. The molecule has 0 amide bonds. The van der Waals surface area contributed by atoms with Crippen molar-refractivity contribution in [2.45, 2.75) is 6.42 Å². The molecule has 0 aliphatic heterocycles. The summed E-state index contributed by atoms with van der Waals surface area (Å²) in [4.78, 5) is 7.97. The predicted molar refractivity (Wildman–Crippen MR) is 87.1 cm³/mol. The third-order valence-electron chi connectivity index (χ3n) is 3.62. The lowest BCUT2D eigenvalue weighted by Crippen LogP contribution is -1.91. The van der Waals surface area contributed by atoms with Crippen molar-refractivity contribution in [1.29, 1.82) is 0 Å². The Morgan fingerprint density at radius 2 is 1.76 bits per heavy atom. The third kappa shape index (κ3) is 2.14. The van der Waals surface area contributed by atoms with Crippen molar-refractivity contribution in [3.8, 4) is 0 Å². The molecule has 0 aliphatic rings. The molecule has 4 rings (SSSR count).